The van der Waals surface area contributed by atoms with Crippen LogP contribution in [0.25, 0.3) is 0 Å². The highest BCUT2D eigenvalue weighted by molar-refractivity contribution is 8.00. The number of imide groups is 1. The molecule has 0 unspecified atom stereocenters. The maximum absolute atomic E-state index is 12.5. The number of β-amino-alcohol motifs (C(OH)–C–C–N with tert-alkyl or cyclic N) is 1. The molecule has 2 amide bonds. The van der Waals surface area contributed by atoms with Crippen molar-refractivity contribution < 1.29 is 14.7 Å². The van der Waals surface area contributed by atoms with Gasteiger partial charge < -0.3 is 10.4 Å². The fourth-order valence-corrected chi connectivity index (χ4v) is 5.03. The first-order valence-electron chi connectivity index (χ1n) is 9.69. The number of aliphatic hydroxyl groups excluding tert-OH is 1. The fraction of sp³-hybridized carbons (Fsp3) is 0.0833. The Balaban J connectivity index is 1.62. The minimum absolute atomic E-state index is 0.0155. The average Bonchev–Trinajstić information content (AvgIpc) is 3.03. The number of hydrogen-bond donors (Lipinski definition) is 2. The van der Waals surface area contributed by atoms with Crippen molar-refractivity contribution in [1.82, 2.24) is 4.90 Å². The van der Waals surface area contributed by atoms with Gasteiger partial charge >= 0.3 is 0 Å². The first-order chi connectivity index (χ1) is 15.1. The average molecular weight is 449 g/mol. The Morgan fingerprint density at radius 2 is 1.32 bits per heavy atom. The van der Waals surface area contributed by atoms with Crippen molar-refractivity contribution in [3.05, 3.63) is 90.6 Å². The summed E-state index contributed by atoms with van der Waals surface area (Å²) in [4.78, 5) is 29.8. The quantitative estimate of drug-likeness (QED) is 0.489. The van der Waals surface area contributed by atoms with E-state index in [1.807, 2.05) is 72.8 Å². The molecule has 0 spiro atoms. The lowest BCUT2D eigenvalue weighted by atomic mass is 10.3. The molecule has 2 N–H and O–H groups in total. The topological polar surface area (TPSA) is 69.6 Å². The Bertz CT molecular complexity index is 1060. The summed E-state index contributed by atoms with van der Waals surface area (Å²) in [7, 11) is 0. The van der Waals surface area contributed by atoms with Gasteiger partial charge in [0.2, 0.25) is 0 Å². The summed E-state index contributed by atoms with van der Waals surface area (Å²) in [5, 5.41) is 12.2. The first kappa shape index (κ1) is 21.2. The molecule has 0 bridgehead atoms. The summed E-state index contributed by atoms with van der Waals surface area (Å²) in [6.07, 6.45) is 1.28. The number of aliphatic hydroxyl groups is 1. The zero-order valence-electron chi connectivity index (χ0n) is 16.5. The van der Waals surface area contributed by atoms with Crippen LogP contribution in [0.3, 0.4) is 0 Å². The van der Waals surface area contributed by atoms with Gasteiger partial charge in [-0.15, -0.1) is 0 Å². The Labute approximate surface area is 189 Å². The van der Waals surface area contributed by atoms with E-state index in [0.717, 1.165) is 30.2 Å². The van der Waals surface area contributed by atoms with Gasteiger partial charge in [-0.05, 0) is 42.5 Å². The van der Waals surface area contributed by atoms with Gasteiger partial charge in [-0.2, -0.15) is 0 Å². The number of benzene rings is 3. The van der Waals surface area contributed by atoms with Crippen molar-refractivity contribution >= 4 is 41.0 Å². The van der Waals surface area contributed by atoms with E-state index >= 15 is 0 Å². The van der Waals surface area contributed by atoms with Crippen molar-refractivity contribution in [1.29, 1.82) is 0 Å². The lowest BCUT2D eigenvalue weighted by Crippen LogP contribution is -2.34. The molecule has 0 saturated carbocycles. The molecule has 3 aromatic rings. The van der Waals surface area contributed by atoms with Gasteiger partial charge in [0.15, 0.2) is 0 Å². The summed E-state index contributed by atoms with van der Waals surface area (Å²) < 4.78 is 0. The first-order valence-corrected chi connectivity index (χ1v) is 11.3. The second kappa shape index (κ2) is 9.87. The van der Waals surface area contributed by atoms with Gasteiger partial charge in [0.25, 0.3) is 11.8 Å². The van der Waals surface area contributed by atoms with E-state index in [2.05, 4.69) is 11.4 Å². The number of rotatable bonds is 8. The van der Waals surface area contributed by atoms with Gasteiger partial charge in [-0.1, -0.05) is 59.9 Å². The largest absolute Gasteiger partial charge is 0.395 e. The third-order valence-electron chi connectivity index (χ3n) is 4.45. The van der Waals surface area contributed by atoms with Gasteiger partial charge in [0.05, 0.1) is 13.2 Å². The highest BCUT2D eigenvalue weighted by Gasteiger charge is 2.30. The van der Waals surface area contributed by atoms with Crippen LogP contribution in [0.2, 0.25) is 0 Å². The van der Waals surface area contributed by atoms with Crippen LogP contribution in [0.5, 0.6) is 0 Å². The summed E-state index contributed by atoms with van der Waals surface area (Å²) in [6, 6.07) is 26.1. The molecule has 5 nitrogen and oxygen atoms in total. The van der Waals surface area contributed by atoms with Gasteiger partial charge in [-0.3, -0.25) is 14.5 Å². The summed E-state index contributed by atoms with van der Waals surface area (Å²) in [5.41, 5.74) is 0.925. The highest BCUT2D eigenvalue weighted by atomic mass is 32.2. The summed E-state index contributed by atoms with van der Waals surface area (Å²) in [5.74, 6) is -0.854. The number of carbonyl (C=O) groups is 2. The van der Waals surface area contributed by atoms with Crippen molar-refractivity contribution in [2.75, 3.05) is 18.5 Å². The van der Waals surface area contributed by atoms with E-state index in [1.165, 1.54) is 6.08 Å². The van der Waals surface area contributed by atoms with Crippen LogP contribution < -0.4 is 5.32 Å². The fourth-order valence-electron chi connectivity index (χ4n) is 3.08. The lowest BCUT2D eigenvalue weighted by molar-refractivity contribution is -0.137. The second-order valence-electron chi connectivity index (χ2n) is 6.72. The van der Waals surface area contributed by atoms with Gasteiger partial charge in [0, 0.05) is 31.3 Å². The second-order valence-corrected chi connectivity index (χ2v) is 9.02. The van der Waals surface area contributed by atoms with E-state index in [-0.39, 0.29) is 18.8 Å². The monoisotopic (exact) mass is 448 g/mol. The van der Waals surface area contributed by atoms with E-state index in [0.29, 0.717) is 0 Å². The molecule has 0 saturated heterocycles. The number of anilines is 1. The van der Waals surface area contributed by atoms with Crippen LogP contribution in [-0.4, -0.2) is 35.0 Å². The van der Waals surface area contributed by atoms with Crippen LogP contribution in [0.1, 0.15) is 0 Å². The van der Waals surface area contributed by atoms with Crippen molar-refractivity contribution in [3.8, 4) is 0 Å². The summed E-state index contributed by atoms with van der Waals surface area (Å²) >= 11 is 3.25. The molecule has 1 aliphatic rings. The SMILES string of the molecule is O=C1C=C(Nc2cc(Sc3ccccc3)cc(Sc3ccccc3)c2)C(=O)N1CCO. The predicted octanol–water partition coefficient (Wildman–Crippen LogP) is 4.65. The molecule has 3 aromatic carbocycles. The van der Waals surface area contributed by atoms with Crippen LogP contribution in [0.15, 0.2) is 110 Å². The van der Waals surface area contributed by atoms with E-state index in [4.69, 9.17) is 5.11 Å². The molecule has 1 aliphatic heterocycles. The molecular weight excluding hydrogens is 428 g/mol. The number of carbonyl (C=O) groups excluding carboxylic acids is 2. The molecule has 0 radical (unpaired) electrons. The number of amides is 2. The maximum Gasteiger partial charge on any atom is 0.277 e. The van der Waals surface area contributed by atoms with Crippen molar-refractivity contribution in [2.45, 2.75) is 19.6 Å². The molecule has 0 fully saturated rings. The van der Waals surface area contributed by atoms with Gasteiger partial charge in [-0.25, -0.2) is 0 Å². The Hall–Kier alpha value is -3.00. The smallest absolute Gasteiger partial charge is 0.277 e. The molecule has 31 heavy (non-hydrogen) atoms. The zero-order chi connectivity index (χ0) is 21.6. The number of hydrogen-bond acceptors (Lipinski definition) is 6. The van der Waals surface area contributed by atoms with Crippen molar-refractivity contribution in [3.63, 3.8) is 0 Å². The van der Waals surface area contributed by atoms with Crippen LogP contribution in [0.4, 0.5) is 5.69 Å². The third-order valence-corrected chi connectivity index (χ3v) is 6.41. The Kier molecular flexibility index (Phi) is 6.76. The predicted molar refractivity (Wildman–Crippen MR) is 123 cm³/mol. The molecule has 1 heterocycles. The molecule has 4 rings (SSSR count). The molecule has 156 valence electrons. The maximum atomic E-state index is 12.5. The standard InChI is InChI=1S/C24H20N2O3S2/c27-12-11-26-23(28)16-22(24(26)29)25-17-13-20(30-18-7-3-1-4-8-18)15-21(14-17)31-19-9-5-2-6-10-19/h1-10,13-16,25,27H,11-12H2. The van der Waals surface area contributed by atoms with Crippen LogP contribution in [-0.2, 0) is 9.59 Å². The Morgan fingerprint density at radius 3 is 1.84 bits per heavy atom. The molecule has 0 atom stereocenters. The molecule has 7 heteroatoms. The third kappa shape index (κ3) is 5.38. The lowest BCUT2D eigenvalue weighted by Gasteiger charge is -2.14. The van der Waals surface area contributed by atoms with Gasteiger partial charge in [0.1, 0.15) is 5.70 Å². The van der Waals surface area contributed by atoms with Crippen LogP contribution in [0, 0.1) is 0 Å². The molecule has 0 aromatic heterocycles. The number of nitrogens with zero attached hydrogens (tertiary/aromatic N) is 1. The normalized spacial score (nSPS) is 13.5. The number of nitrogens with one attached hydrogen (secondary N) is 1. The summed E-state index contributed by atoms with van der Waals surface area (Å²) in [6.45, 7) is -0.280. The van der Waals surface area contributed by atoms with E-state index in [9.17, 15) is 9.59 Å². The highest BCUT2D eigenvalue weighted by Crippen LogP contribution is 2.36. The van der Waals surface area contributed by atoms with E-state index < -0.39 is 11.8 Å². The molecular formula is C24H20N2O3S2. The minimum atomic E-state index is -0.433. The Morgan fingerprint density at radius 1 is 0.774 bits per heavy atom. The molecule has 0 aliphatic carbocycles. The van der Waals surface area contributed by atoms with E-state index in [1.54, 1.807) is 23.5 Å². The van der Waals surface area contributed by atoms with Crippen molar-refractivity contribution in [2.24, 2.45) is 0 Å². The zero-order valence-corrected chi connectivity index (χ0v) is 18.2. The minimum Gasteiger partial charge on any atom is -0.395 e. The van der Waals surface area contributed by atoms with Crippen LogP contribution >= 0.6 is 23.5 Å².